The summed E-state index contributed by atoms with van der Waals surface area (Å²) in [5, 5.41) is 0. The van der Waals surface area contributed by atoms with Gasteiger partial charge in [-0.15, -0.1) is 0 Å². The van der Waals surface area contributed by atoms with Gasteiger partial charge in [-0.1, -0.05) is 31.4 Å². The fourth-order valence-electron chi connectivity index (χ4n) is 4.52. The molecular formula is C20H31BN2. The van der Waals surface area contributed by atoms with Gasteiger partial charge in [0.1, 0.15) is 0 Å². The maximum atomic E-state index is 6.44. The Bertz CT molecular complexity index is 532. The Morgan fingerprint density at radius 1 is 1.35 bits per heavy atom. The van der Waals surface area contributed by atoms with Gasteiger partial charge in [0.15, 0.2) is 0 Å². The van der Waals surface area contributed by atoms with Crippen LogP contribution in [0.5, 0.6) is 0 Å². The van der Waals surface area contributed by atoms with Crippen LogP contribution in [0.25, 0.3) is 0 Å². The van der Waals surface area contributed by atoms with Crippen LogP contribution in [0.15, 0.2) is 18.2 Å². The average Bonchev–Trinajstić information content (AvgIpc) is 2.45. The first kappa shape index (κ1) is 17.0. The largest absolute Gasteiger partial charge is 0.326 e. The highest BCUT2D eigenvalue weighted by Gasteiger charge is 2.50. The standard InChI is InChI=1S/C20H31BN2/c1-3-19(22)20(8-4-9-20)23-13-17(14-23)12-18-6-5-16(7-10-21)11-15(18)2/h5-6,11,17,19H,3-4,7-10,12-14,22H2,1-2H3. The smallest absolute Gasteiger partial charge is 0.0657 e. The normalized spacial score (nSPS) is 22.4. The van der Waals surface area contributed by atoms with Gasteiger partial charge in [-0.3, -0.25) is 4.90 Å². The number of nitrogens with two attached hydrogens (primary N) is 1. The summed E-state index contributed by atoms with van der Waals surface area (Å²) >= 11 is 0. The number of likely N-dealkylation sites (tertiary alicyclic amines) is 1. The molecule has 2 N–H and O–H groups in total. The summed E-state index contributed by atoms with van der Waals surface area (Å²) < 4.78 is 0. The van der Waals surface area contributed by atoms with Gasteiger partial charge in [0.2, 0.25) is 0 Å². The highest BCUT2D eigenvalue weighted by atomic mass is 15.3. The summed E-state index contributed by atoms with van der Waals surface area (Å²) in [6.45, 7) is 6.94. The summed E-state index contributed by atoms with van der Waals surface area (Å²) in [6, 6.07) is 7.25. The molecule has 2 fully saturated rings. The lowest BCUT2D eigenvalue weighted by molar-refractivity contribution is -0.0772. The third-order valence-electron chi connectivity index (χ3n) is 6.28. The van der Waals surface area contributed by atoms with E-state index in [0.29, 0.717) is 11.6 Å². The van der Waals surface area contributed by atoms with Crippen LogP contribution in [0.4, 0.5) is 0 Å². The Labute approximate surface area is 143 Å². The molecule has 3 rings (SSSR count). The van der Waals surface area contributed by atoms with Gasteiger partial charge in [0.25, 0.3) is 0 Å². The van der Waals surface area contributed by atoms with Gasteiger partial charge in [-0.25, -0.2) is 0 Å². The van der Waals surface area contributed by atoms with Gasteiger partial charge >= 0.3 is 0 Å². The van der Waals surface area contributed by atoms with Crippen LogP contribution < -0.4 is 5.73 Å². The average molecular weight is 310 g/mol. The lowest BCUT2D eigenvalue weighted by atomic mass is 9.67. The molecule has 3 heteroatoms. The number of aryl methyl sites for hydroxylation is 2. The molecular weight excluding hydrogens is 279 g/mol. The SMILES string of the molecule is [B]CCc1ccc(CC2CN(C3(C(N)CC)CCC3)C2)c(C)c1. The number of nitrogens with zero attached hydrogens (tertiary/aromatic N) is 1. The van der Waals surface area contributed by atoms with Crippen molar-refractivity contribution < 1.29 is 0 Å². The second-order valence-corrected chi connectivity index (χ2v) is 7.75. The minimum atomic E-state index is 0.339. The molecule has 2 aliphatic rings. The van der Waals surface area contributed by atoms with Crippen molar-refractivity contribution in [2.75, 3.05) is 13.1 Å². The Morgan fingerprint density at radius 3 is 2.61 bits per heavy atom. The first-order chi connectivity index (χ1) is 11.1. The van der Waals surface area contributed by atoms with Crippen molar-refractivity contribution in [3.05, 3.63) is 34.9 Å². The van der Waals surface area contributed by atoms with Crippen LogP contribution in [0.3, 0.4) is 0 Å². The van der Waals surface area contributed by atoms with E-state index < -0.39 is 0 Å². The second kappa shape index (κ2) is 6.98. The van der Waals surface area contributed by atoms with Crippen LogP contribution in [-0.2, 0) is 12.8 Å². The van der Waals surface area contributed by atoms with Crippen LogP contribution in [-0.4, -0.2) is 37.4 Å². The number of benzene rings is 1. The van der Waals surface area contributed by atoms with Crippen molar-refractivity contribution in [1.29, 1.82) is 0 Å². The summed E-state index contributed by atoms with van der Waals surface area (Å²) in [4.78, 5) is 2.69. The number of rotatable bonds is 7. The Morgan fingerprint density at radius 2 is 2.09 bits per heavy atom. The zero-order valence-corrected chi connectivity index (χ0v) is 14.9. The molecule has 2 nitrogen and oxygen atoms in total. The van der Waals surface area contributed by atoms with Gasteiger partial charge < -0.3 is 5.73 Å². The van der Waals surface area contributed by atoms with Gasteiger partial charge in [-0.05, 0) is 68.1 Å². The quantitative estimate of drug-likeness (QED) is 0.783. The molecule has 1 aliphatic carbocycles. The summed E-state index contributed by atoms with van der Waals surface area (Å²) in [6.07, 6.45) is 8.00. The molecule has 1 aliphatic heterocycles. The minimum Gasteiger partial charge on any atom is -0.326 e. The van der Waals surface area contributed by atoms with Crippen LogP contribution in [0.1, 0.15) is 49.3 Å². The van der Waals surface area contributed by atoms with Crippen molar-refractivity contribution in [2.24, 2.45) is 11.7 Å². The van der Waals surface area contributed by atoms with Crippen LogP contribution in [0, 0.1) is 12.8 Å². The predicted molar refractivity (Wildman–Crippen MR) is 99.1 cm³/mol. The minimum absolute atomic E-state index is 0.339. The van der Waals surface area contributed by atoms with Crippen molar-refractivity contribution in [2.45, 2.75) is 70.3 Å². The molecule has 23 heavy (non-hydrogen) atoms. The van der Waals surface area contributed by atoms with E-state index in [2.05, 4.69) is 36.9 Å². The van der Waals surface area contributed by atoms with E-state index in [1.165, 1.54) is 55.5 Å². The van der Waals surface area contributed by atoms with E-state index in [1.807, 2.05) is 0 Å². The molecule has 1 atom stereocenters. The summed E-state index contributed by atoms with van der Waals surface area (Å²) in [5.74, 6) is 0.801. The molecule has 1 saturated heterocycles. The lowest BCUT2D eigenvalue weighted by Gasteiger charge is -2.59. The fourth-order valence-corrected chi connectivity index (χ4v) is 4.52. The molecule has 1 aromatic carbocycles. The van der Waals surface area contributed by atoms with Crippen molar-refractivity contribution in [3.8, 4) is 0 Å². The van der Waals surface area contributed by atoms with Gasteiger partial charge in [-0.2, -0.15) is 0 Å². The summed E-state index contributed by atoms with van der Waals surface area (Å²) in [5.41, 5.74) is 11.1. The molecule has 1 heterocycles. The molecule has 1 saturated carbocycles. The monoisotopic (exact) mass is 310 g/mol. The number of hydrogen-bond donors (Lipinski definition) is 1. The van der Waals surface area contributed by atoms with E-state index in [0.717, 1.165) is 25.1 Å². The third-order valence-corrected chi connectivity index (χ3v) is 6.28. The van der Waals surface area contributed by atoms with E-state index in [-0.39, 0.29) is 0 Å². The van der Waals surface area contributed by atoms with Crippen LogP contribution in [0.2, 0.25) is 6.32 Å². The Balaban J connectivity index is 1.56. The fraction of sp³-hybridized carbons (Fsp3) is 0.700. The maximum Gasteiger partial charge on any atom is 0.0657 e. The molecule has 0 spiro atoms. The van der Waals surface area contributed by atoms with E-state index >= 15 is 0 Å². The van der Waals surface area contributed by atoms with Gasteiger partial charge in [0.05, 0.1) is 7.85 Å². The predicted octanol–water partition coefficient (Wildman–Crippen LogP) is 3.26. The molecule has 124 valence electrons. The zero-order chi connectivity index (χ0) is 16.4. The van der Waals surface area contributed by atoms with Crippen molar-refractivity contribution >= 4 is 7.85 Å². The zero-order valence-electron chi connectivity index (χ0n) is 14.9. The molecule has 1 aromatic rings. The molecule has 0 bridgehead atoms. The van der Waals surface area contributed by atoms with Crippen LogP contribution >= 0.6 is 0 Å². The summed E-state index contributed by atoms with van der Waals surface area (Å²) in [7, 11) is 5.65. The first-order valence-corrected chi connectivity index (χ1v) is 9.38. The number of hydrogen-bond acceptors (Lipinski definition) is 2. The van der Waals surface area contributed by atoms with E-state index in [1.54, 1.807) is 0 Å². The molecule has 0 aromatic heterocycles. The first-order valence-electron chi connectivity index (χ1n) is 9.38. The van der Waals surface area contributed by atoms with Crippen molar-refractivity contribution in [3.63, 3.8) is 0 Å². The Hall–Kier alpha value is -0.795. The van der Waals surface area contributed by atoms with E-state index in [9.17, 15) is 0 Å². The topological polar surface area (TPSA) is 29.3 Å². The molecule has 2 radical (unpaired) electrons. The molecule has 0 amide bonds. The van der Waals surface area contributed by atoms with Crippen molar-refractivity contribution in [1.82, 2.24) is 4.90 Å². The molecule has 1 unspecified atom stereocenters. The van der Waals surface area contributed by atoms with E-state index in [4.69, 9.17) is 13.6 Å². The maximum absolute atomic E-state index is 6.44. The highest BCUT2D eigenvalue weighted by molar-refractivity contribution is 6.08. The second-order valence-electron chi connectivity index (χ2n) is 7.75. The lowest BCUT2D eigenvalue weighted by Crippen LogP contribution is -2.70. The van der Waals surface area contributed by atoms with Gasteiger partial charge in [0, 0.05) is 24.7 Å². The Kier molecular flexibility index (Phi) is 5.18. The third kappa shape index (κ3) is 3.23. The highest BCUT2D eigenvalue weighted by Crippen LogP contribution is 2.44.